The van der Waals surface area contributed by atoms with Gasteiger partial charge in [0, 0.05) is 12.6 Å². The maximum atomic E-state index is 4.55. The van der Waals surface area contributed by atoms with Crippen LogP contribution in [0.25, 0.3) is 5.57 Å². The predicted molar refractivity (Wildman–Crippen MR) is 95.7 cm³/mol. The molecule has 1 heteroatoms. The Morgan fingerprint density at radius 1 is 0.955 bits per heavy atom. The smallest absolute Gasteiger partial charge is 0.0625 e. The van der Waals surface area contributed by atoms with Gasteiger partial charge in [-0.3, -0.25) is 4.99 Å². The lowest BCUT2D eigenvalue weighted by Crippen LogP contribution is -1.95. The molecule has 0 aliphatic heterocycles. The maximum absolute atomic E-state index is 4.55. The molecule has 0 radical (unpaired) electrons. The number of hydrogen-bond acceptors (Lipinski definition) is 1. The summed E-state index contributed by atoms with van der Waals surface area (Å²) in [5.74, 6) is 0. The monoisotopic (exact) mass is 287 g/mol. The first-order valence-electron chi connectivity index (χ1n) is 7.78. The lowest BCUT2D eigenvalue weighted by atomic mass is 9.94. The molecule has 0 atom stereocenters. The van der Waals surface area contributed by atoms with Gasteiger partial charge in [-0.15, -0.1) is 0 Å². The second kappa shape index (κ2) is 6.57. The number of aliphatic imine (C=N–C) groups is 1. The van der Waals surface area contributed by atoms with E-state index in [4.69, 9.17) is 0 Å². The number of hydrogen-bond donors (Lipinski definition) is 0. The molecule has 110 valence electrons. The highest BCUT2D eigenvalue weighted by atomic mass is 14.7. The zero-order chi connectivity index (χ0) is 15.4. The van der Waals surface area contributed by atoms with E-state index in [2.05, 4.69) is 49.2 Å². The highest BCUT2D eigenvalue weighted by Gasteiger charge is 2.14. The van der Waals surface area contributed by atoms with Crippen LogP contribution in [0.15, 0.2) is 76.8 Å². The van der Waals surface area contributed by atoms with Gasteiger partial charge in [0.05, 0.1) is 5.69 Å². The molecule has 0 unspecified atom stereocenters. The van der Waals surface area contributed by atoms with Gasteiger partial charge in [-0.1, -0.05) is 54.1 Å². The fourth-order valence-corrected chi connectivity index (χ4v) is 2.87. The van der Waals surface area contributed by atoms with E-state index >= 15 is 0 Å². The summed E-state index contributed by atoms with van der Waals surface area (Å²) in [5, 5.41) is 0. The molecule has 0 saturated heterocycles. The molecular weight excluding hydrogens is 266 g/mol. The van der Waals surface area contributed by atoms with Crippen LogP contribution in [0.3, 0.4) is 0 Å². The molecule has 0 fully saturated rings. The summed E-state index contributed by atoms with van der Waals surface area (Å²) in [6.45, 7) is 4.42. The minimum atomic E-state index is 0.862. The molecule has 0 aromatic heterocycles. The molecule has 0 amide bonds. The van der Waals surface area contributed by atoms with Crippen molar-refractivity contribution in [3.8, 4) is 0 Å². The van der Waals surface area contributed by atoms with E-state index in [0.29, 0.717) is 0 Å². The Kier molecular flexibility index (Phi) is 4.34. The standard InChI is InChI=1S/C21H21N/c1-16-12-13-20(17(16)2)21-11-7-6-8-18(21)14-15-22-19-9-4-3-5-10-19/h3-12,15H,13-14H2,1-2H3. The van der Waals surface area contributed by atoms with Gasteiger partial charge in [-0.25, -0.2) is 0 Å². The van der Waals surface area contributed by atoms with Gasteiger partial charge in [0.25, 0.3) is 0 Å². The molecular formula is C21H21N. The Morgan fingerprint density at radius 2 is 1.68 bits per heavy atom. The summed E-state index contributed by atoms with van der Waals surface area (Å²) in [6, 6.07) is 18.8. The van der Waals surface area contributed by atoms with Gasteiger partial charge in [-0.05, 0) is 54.7 Å². The molecule has 2 aromatic rings. The second-order valence-corrected chi connectivity index (χ2v) is 5.70. The van der Waals surface area contributed by atoms with Crippen LogP contribution in [0, 0.1) is 0 Å². The van der Waals surface area contributed by atoms with Crippen molar-refractivity contribution >= 4 is 17.5 Å². The SMILES string of the molecule is CC1=CCC(c2ccccc2CC=Nc2ccccc2)=C1C. The summed E-state index contributed by atoms with van der Waals surface area (Å²) >= 11 is 0. The van der Waals surface area contributed by atoms with Crippen molar-refractivity contribution in [1.29, 1.82) is 0 Å². The largest absolute Gasteiger partial charge is 0.261 e. The number of rotatable bonds is 4. The van der Waals surface area contributed by atoms with Crippen molar-refractivity contribution in [2.24, 2.45) is 4.99 Å². The van der Waals surface area contributed by atoms with E-state index in [0.717, 1.165) is 18.5 Å². The quantitative estimate of drug-likeness (QED) is 0.634. The Hall–Kier alpha value is -2.41. The van der Waals surface area contributed by atoms with E-state index in [-0.39, 0.29) is 0 Å². The third-order valence-electron chi connectivity index (χ3n) is 4.31. The molecule has 3 rings (SSSR count). The van der Waals surface area contributed by atoms with Crippen molar-refractivity contribution in [3.63, 3.8) is 0 Å². The van der Waals surface area contributed by atoms with E-state index < -0.39 is 0 Å². The first kappa shape index (κ1) is 14.5. The third kappa shape index (κ3) is 3.09. The number of para-hydroxylation sites is 1. The summed E-state index contributed by atoms with van der Waals surface area (Å²) in [6.07, 6.45) is 6.24. The van der Waals surface area contributed by atoms with Crippen LogP contribution in [-0.4, -0.2) is 6.21 Å². The topological polar surface area (TPSA) is 12.4 Å². The van der Waals surface area contributed by atoms with Crippen molar-refractivity contribution in [2.75, 3.05) is 0 Å². The summed E-state index contributed by atoms with van der Waals surface area (Å²) in [4.78, 5) is 4.55. The summed E-state index contributed by atoms with van der Waals surface area (Å²) < 4.78 is 0. The Morgan fingerprint density at radius 3 is 2.41 bits per heavy atom. The molecule has 0 N–H and O–H groups in total. The lowest BCUT2D eigenvalue weighted by molar-refractivity contribution is 1.28. The van der Waals surface area contributed by atoms with Gasteiger partial charge < -0.3 is 0 Å². The fourth-order valence-electron chi connectivity index (χ4n) is 2.87. The lowest BCUT2D eigenvalue weighted by Gasteiger charge is -2.10. The van der Waals surface area contributed by atoms with Crippen molar-refractivity contribution in [1.82, 2.24) is 0 Å². The zero-order valence-electron chi connectivity index (χ0n) is 13.2. The van der Waals surface area contributed by atoms with Crippen molar-refractivity contribution in [3.05, 3.63) is 82.9 Å². The Balaban J connectivity index is 1.83. The molecule has 0 saturated carbocycles. The van der Waals surface area contributed by atoms with Crippen LogP contribution < -0.4 is 0 Å². The highest BCUT2D eigenvalue weighted by Crippen LogP contribution is 2.34. The molecule has 0 spiro atoms. The molecule has 0 heterocycles. The van der Waals surface area contributed by atoms with Gasteiger partial charge >= 0.3 is 0 Å². The first-order chi connectivity index (χ1) is 10.8. The van der Waals surface area contributed by atoms with Crippen LogP contribution >= 0.6 is 0 Å². The number of allylic oxidation sites excluding steroid dienone is 4. The second-order valence-electron chi connectivity index (χ2n) is 5.70. The van der Waals surface area contributed by atoms with Crippen LogP contribution in [0.4, 0.5) is 5.69 Å². The van der Waals surface area contributed by atoms with Crippen LogP contribution in [0.1, 0.15) is 31.4 Å². The zero-order valence-corrected chi connectivity index (χ0v) is 13.2. The fraction of sp³-hybridized carbons (Fsp3) is 0.190. The van der Waals surface area contributed by atoms with Gasteiger partial charge in [0.2, 0.25) is 0 Å². The number of benzene rings is 2. The Labute approximate surface area is 132 Å². The highest BCUT2D eigenvalue weighted by molar-refractivity contribution is 5.80. The van der Waals surface area contributed by atoms with E-state index in [1.807, 2.05) is 36.5 Å². The molecule has 1 aliphatic carbocycles. The van der Waals surface area contributed by atoms with E-state index in [1.165, 1.54) is 27.8 Å². The van der Waals surface area contributed by atoms with Crippen LogP contribution in [-0.2, 0) is 6.42 Å². The van der Waals surface area contributed by atoms with Crippen LogP contribution in [0.5, 0.6) is 0 Å². The van der Waals surface area contributed by atoms with Gasteiger partial charge in [-0.2, -0.15) is 0 Å². The Bertz CT molecular complexity index is 748. The summed E-state index contributed by atoms with van der Waals surface area (Å²) in [7, 11) is 0. The first-order valence-corrected chi connectivity index (χ1v) is 7.78. The maximum Gasteiger partial charge on any atom is 0.0625 e. The average molecular weight is 287 g/mol. The minimum Gasteiger partial charge on any atom is -0.261 e. The normalized spacial score (nSPS) is 14.7. The molecule has 1 aliphatic rings. The average Bonchev–Trinajstić information content (AvgIpc) is 2.88. The van der Waals surface area contributed by atoms with Crippen molar-refractivity contribution in [2.45, 2.75) is 26.7 Å². The van der Waals surface area contributed by atoms with E-state index in [1.54, 1.807) is 0 Å². The minimum absolute atomic E-state index is 0.862. The van der Waals surface area contributed by atoms with Gasteiger partial charge in [0.1, 0.15) is 0 Å². The van der Waals surface area contributed by atoms with Crippen molar-refractivity contribution < 1.29 is 0 Å². The number of nitrogens with zero attached hydrogens (tertiary/aromatic N) is 1. The molecule has 22 heavy (non-hydrogen) atoms. The van der Waals surface area contributed by atoms with Gasteiger partial charge in [0.15, 0.2) is 0 Å². The molecule has 0 bridgehead atoms. The predicted octanol–water partition coefficient (Wildman–Crippen LogP) is 5.76. The van der Waals surface area contributed by atoms with E-state index in [9.17, 15) is 0 Å². The van der Waals surface area contributed by atoms with Crippen LogP contribution in [0.2, 0.25) is 0 Å². The molecule has 2 aromatic carbocycles. The molecule has 1 nitrogen and oxygen atoms in total. The summed E-state index contributed by atoms with van der Waals surface area (Å²) in [5.41, 5.74) is 8.01. The third-order valence-corrected chi connectivity index (χ3v) is 4.31.